The van der Waals surface area contributed by atoms with Crippen LogP contribution in [0.1, 0.15) is 17.4 Å². The summed E-state index contributed by atoms with van der Waals surface area (Å²) in [5.41, 5.74) is 5.52. The van der Waals surface area contributed by atoms with Gasteiger partial charge in [-0.1, -0.05) is 0 Å². The largest absolute Gasteiger partial charge is 0.364 e. The number of primary amides is 1. The van der Waals surface area contributed by atoms with Crippen molar-refractivity contribution in [2.24, 2.45) is 5.73 Å². The first-order valence-electron chi connectivity index (χ1n) is 5.68. The second kappa shape index (κ2) is 5.63. The summed E-state index contributed by atoms with van der Waals surface area (Å²) in [6.07, 6.45) is 3.68. The molecule has 2 rings (SSSR count). The SMILES string of the molecule is CCN(CCn1cccn1)c1nc(C(N)=O)cs1. The van der Waals surface area contributed by atoms with Crippen LogP contribution in [0.4, 0.5) is 5.13 Å². The minimum atomic E-state index is -0.486. The Morgan fingerprint density at radius 1 is 1.61 bits per heavy atom. The number of aromatic nitrogens is 3. The number of hydrogen-bond donors (Lipinski definition) is 1. The molecule has 0 atom stereocenters. The van der Waals surface area contributed by atoms with Crippen molar-refractivity contribution in [2.75, 3.05) is 18.0 Å². The van der Waals surface area contributed by atoms with E-state index >= 15 is 0 Å². The maximum absolute atomic E-state index is 11.0. The Morgan fingerprint density at radius 3 is 3.00 bits per heavy atom. The highest BCUT2D eigenvalue weighted by atomic mass is 32.1. The third-order valence-electron chi connectivity index (χ3n) is 2.55. The fraction of sp³-hybridized carbons (Fsp3) is 0.364. The third-order valence-corrected chi connectivity index (χ3v) is 3.46. The number of hydrogen-bond acceptors (Lipinski definition) is 5. The summed E-state index contributed by atoms with van der Waals surface area (Å²) >= 11 is 1.43. The van der Waals surface area contributed by atoms with Crippen molar-refractivity contribution in [2.45, 2.75) is 13.5 Å². The predicted octanol–water partition coefficient (Wildman–Crippen LogP) is 0.965. The molecule has 0 aliphatic rings. The molecule has 0 spiro atoms. The topological polar surface area (TPSA) is 77.0 Å². The van der Waals surface area contributed by atoms with Gasteiger partial charge in [0.25, 0.3) is 5.91 Å². The molecule has 0 radical (unpaired) electrons. The summed E-state index contributed by atoms with van der Waals surface area (Å²) in [5.74, 6) is -0.486. The highest BCUT2D eigenvalue weighted by molar-refractivity contribution is 7.13. The maximum Gasteiger partial charge on any atom is 0.268 e. The highest BCUT2D eigenvalue weighted by Gasteiger charge is 2.12. The number of likely N-dealkylation sites (N-methyl/N-ethyl adjacent to an activating group) is 1. The van der Waals surface area contributed by atoms with Crippen LogP contribution in [0, 0.1) is 0 Å². The van der Waals surface area contributed by atoms with E-state index in [9.17, 15) is 4.79 Å². The van der Waals surface area contributed by atoms with E-state index in [1.54, 1.807) is 11.6 Å². The second-order valence-electron chi connectivity index (χ2n) is 3.73. The number of carbonyl (C=O) groups excluding carboxylic acids is 1. The number of anilines is 1. The van der Waals surface area contributed by atoms with Gasteiger partial charge in [0.05, 0.1) is 6.54 Å². The lowest BCUT2D eigenvalue weighted by Gasteiger charge is -2.19. The Labute approximate surface area is 109 Å². The molecule has 0 aliphatic carbocycles. The van der Waals surface area contributed by atoms with Gasteiger partial charge in [0.15, 0.2) is 5.13 Å². The minimum Gasteiger partial charge on any atom is -0.364 e. The molecule has 2 heterocycles. The van der Waals surface area contributed by atoms with Crippen LogP contribution in [0.25, 0.3) is 0 Å². The van der Waals surface area contributed by atoms with Crippen LogP contribution >= 0.6 is 11.3 Å². The molecule has 2 N–H and O–H groups in total. The lowest BCUT2D eigenvalue weighted by atomic mass is 10.5. The summed E-state index contributed by atoms with van der Waals surface area (Å²) in [4.78, 5) is 17.3. The summed E-state index contributed by atoms with van der Waals surface area (Å²) in [6.45, 7) is 4.46. The standard InChI is InChI=1S/C11H15N5OS/c1-2-15(6-7-16-5-3-4-13-16)11-14-9(8-18-11)10(12)17/h3-5,8H,2,6-7H2,1H3,(H2,12,17). The Balaban J connectivity index is 2.01. The molecule has 18 heavy (non-hydrogen) atoms. The molecule has 96 valence electrons. The van der Waals surface area contributed by atoms with E-state index in [0.29, 0.717) is 5.69 Å². The van der Waals surface area contributed by atoms with Crippen molar-refractivity contribution in [3.8, 4) is 0 Å². The number of carbonyl (C=O) groups is 1. The Hall–Kier alpha value is -1.89. The van der Waals surface area contributed by atoms with E-state index in [1.807, 2.05) is 16.9 Å². The number of thiazole rings is 1. The molecule has 2 aromatic heterocycles. The molecule has 0 fully saturated rings. The first-order chi connectivity index (χ1) is 8.70. The summed E-state index contributed by atoms with van der Waals surface area (Å²) in [6, 6.07) is 1.89. The van der Waals surface area contributed by atoms with Crippen LogP contribution in [0.2, 0.25) is 0 Å². The molecular formula is C11H15N5OS. The van der Waals surface area contributed by atoms with Gasteiger partial charge < -0.3 is 10.6 Å². The van der Waals surface area contributed by atoms with Gasteiger partial charge in [0.2, 0.25) is 0 Å². The van der Waals surface area contributed by atoms with E-state index in [2.05, 4.69) is 21.9 Å². The molecule has 0 aromatic carbocycles. The van der Waals surface area contributed by atoms with Gasteiger partial charge in [-0.15, -0.1) is 11.3 Å². The first-order valence-corrected chi connectivity index (χ1v) is 6.56. The molecule has 0 saturated carbocycles. The van der Waals surface area contributed by atoms with Gasteiger partial charge in [-0.05, 0) is 13.0 Å². The molecule has 7 heteroatoms. The second-order valence-corrected chi connectivity index (χ2v) is 4.56. The van der Waals surface area contributed by atoms with E-state index in [4.69, 9.17) is 5.73 Å². The van der Waals surface area contributed by atoms with Crippen molar-refractivity contribution in [3.63, 3.8) is 0 Å². The normalized spacial score (nSPS) is 10.5. The van der Waals surface area contributed by atoms with Crippen LogP contribution in [0.15, 0.2) is 23.8 Å². The lowest BCUT2D eigenvalue weighted by molar-refractivity contribution is 0.0996. The maximum atomic E-state index is 11.0. The number of rotatable bonds is 6. The average Bonchev–Trinajstić information content (AvgIpc) is 3.00. The quantitative estimate of drug-likeness (QED) is 0.844. The van der Waals surface area contributed by atoms with Crippen LogP contribution in [0.3, 0.4) is 0 Å². The smallest absolute Gasteiger partial charge is 0.268 e. The van der Waals surface area contributed by atoms with Crippen LogP contribution in [0.5, 0.6) is 0 Å². The van der Waals surface area contributed by atoms with Crippen molar-refractivity contribution < 1.29 is 4.79 Å². The predicted molar refractivity (Wildman–Crippen MR) is 70.7 cm³/mol. The van der Waals surface area contributed by atoms with Crippen LogP contribution in [-0.4, -0.2) is 33.8 Å². The molecule has 0 aliphatic heterocycles. The van der Waals surface area contributed by atoms with Crippen LogP contribution in [-0.2, 0) is 6.54 Å². The molecule has 6 nitrogen and oxygen atoms in total. The Kier molecular flexibility index (Phi) is 3.93. The van der Waals surface area contributed by atoms with Gasteiger partial charge in [-0.25, -0.2) is 4.98 Å². The zero-order valence-corrected chi connectivity index (χ0v) is 10.9. The summed E-state index contributed by atoms with van der Waals surface area (Å²) in [7, 11) is 0. The van der Waals surface area contributed by atoms with E-state index in [-0.39, 0.29) is 0 Å². The van der Waals surface area contributed by atoms with Crippen molar-refractivity contribution >= 4 is 22.4 Å². The number of nitrogens with zero attached hydrogens (tertiary/aromatic N) is 4. The molecular weight excluding hydrogens is 250 g/mol. The molecule has 0 saturated heterocycles. The van der Waals surface area contributed by atoms with E-state index in [1.165, 1.54) is 11.3 Å². The molecule has 2 aromatic rings. The van der Waals surface area contributed by atoms with Gasteiger partial charge in [-0.3, -0.25) is 9.48 Å². The zero-order valence-electron chi connectivity index (χ0n) is 10.1. The van der Waals surface area contributed by atoms with Gasteiger partial charge >= 0.3 is 0 Å². The fourth-order valence-electron chi connectivity index (χ4n) is 1.57. The summed E-state index contributed by atoms with van der Waals surface area (Å²) < 4.78 is 1.87. The third kappa shape index (κ3) is 2.86. The van der Waals surface area contributed by atoms with E-state index < -0.39 is 5.91 Å². The summed E-state index contributed by atoms with van der Waals surface area (Å²) in [5, 5.41) is 6.66. The van der Waals surface area contributed by atoms with E-state index in [0.717, 1.165) is 24.8 Å². The fourth-order valence-corrected chi connectivity index (χ4v) is 2.47. The van der Waals surface area contributed by atoms with Gasteiger partial charge in [-0.2, -0.15) is 5.10 Å². The first kappa shape index (κ1) is 12.6. The van der Waals surface area contributed by atoms with Gasteiger partial charge in [0, 0.05) is 30.9 Å². The number of amides is 1. The monoisotopic (exact) mass is 265 g/mol. The minimum absolute atomic E-state index is 0.326. The van der Waals surface area contributed by atoms with Crippen molar-refractivity contribution in [1.29, 1.82) is 0 Å². The van der Waals surface area contributed by atoms with Crippen molar-refractivity contribution in [1.82, 2.24) is 14.8 Å². The zero-order chi connectivity index (χ0) is 13.0. The average molecular weight is 265 g/mol. The Bertz CT molecular complexity index is 507. The highest BCUT2D eigenvalue weighted by Crippen LogP contribution is 2.19. The van der Waals surface area contributed by atoms with Crippen LogP contribution < -0.4 is 10.6 Å². The molecule has 0 unspecified atom stereocenters. The lowest BCUT2D eigenvalue weighted by Crippen LogP contribution is -2.27. The Morgan fingerprint density at radius 2 is 2.44 bits per heavy atom. The molecule has 0 bridgehead atoms. The number of nitrogens with two attached hydrogens (primary N) is 1. The molecule has 1 amide bonds. The van der Waals surface area contributed by atoms with Crippen molar-refractivity contribution in [3.05, 3.63) is 29.5 Å². The van der Waals surface area contributed by atoms with Gasteiger partial charge in [0.1, 0.15) is 5.69 Å².